The summed E-state index contributed by atoms with van der Waals surface area (Å²) >= 11 is 5.54. The lowest BCUT2D eigenvalue weighted by atomic mass is 10.1. The molecular formula is C24H16BrIN2O4. The van der Waals surface area contributed by atoms with Crippen LogP contribution in [0.25, 0.3) is 6.08 Å². The summed E-state index contributed by atoms with van der Waals surface area (Å²) < 4.78 is 12.3. The molecule has 0 aliphatic rings. The van der Waals surface area contributed by atoms with E-state index in [9.17, 15) is 14.9 Å². The summed E-state index contributed by atoms with van der Waals surface area (Å²) in [6, 6.07) is 20.9. The van der Waals surface area contributed by atoms with Crippen molar-refractivity contribution in [2.45, 2.75) is 0 Å². The van der Waals surface area contributed by atoms with E-state index in [4.69, 9.17) is 9.47 Å². The number of anilines is 1. The molecule has 1 amide bonds. The topological polar surface area (TPSA) is 88.4 Å². The minimum absolute atomic E-state index is 0.0912. The van der Waals surface area contributed by atoms with E-state index in [-0.39, 0.29) is 17.1 Å². The van der Waals surface area contributed by atoms with Crippen molar-refractivity contribution in [3.8, 4) is 17.6 Å². The molecule has 0 saturated carbocycles. The van der Waals surface area contributed by atoms with E-state index in [0.717, 1.165) is 3.57 Å². The van der Waals surface area contributed by atoms with Gasteiger partial charge in [0.15, 0.2) is 11.5 Å². The predicted octanol–water partition coefficient (Wildman–Crippen LogP) is 5.83. The van der Waals surface area contributed by atoms with Gasteiger partial charge in [0, 0.05) is 9.26 Å². The first-order valence-electron chi connectivity index (χ1n) is 9.24. The summed E-state index contributed by atoms with van der Waals surface area (Å²) in [6.45, 7) is 0. The van der Waals surface area contributed by atoms with E-state index in [1.165, 1.54) is 13.2 Å². The van der Waals surface area contributed by atoms with Crippen molar-refractivity contribution in [1.29, 1.82) is 5.26 Å². The van der Waals surface area contributed by atoms with E-state index in [0.29, 0.717) is 21.3 Å². The van der Waals surface area contributed by atoms with Crippen LogP contribution in [-0.4, -0.2) is 19.0 Å². The van der Waals surface area contributed by atoms with Gasteiger partial charge in [0.1, 0.15) is 11.6 Å². The zero-order valence-corrected chi connectivity index (χ0v) is 20.5. The largest absolute Gasteiger partial charge is 0.493 e. The van der Waals surface area contributed by atoms with Crippen LogP contribution in [0.3, 0.4) is 0 Å². The Morgan fingerprint density at radius 2 is 1.78 bits per heavy atom. The van der Waals surface area contributed by atoms with Crippen LogP contribution >= 0.6 is 38.5 Å². The lowest BCUT2D eigenvalue weighted by molar-refractivity contribution is -0.112. The van der Waals surface area contributed by atoms with Crippen molar-refractivity contribution < 1.29 is 19.1 Å². The normalized spacial score (nSPS) is 10.8. The smallest absolute Gasteiger partial charge is 0.343 e. The van der Waals surface area contributed by atoms with Crippen LogP contribution in [0, 0.1) is 14.9 Å². The van der Waals surface area contributed by atoms with Gasteiger partial charge in [0.05, 0.1) is 17.1 Å². The molecule has 0 fully saturated rings. The minimum Gasteiger partial charge on any atom is -0.493 e. The van der Waals surface area contributed by atoms with Crippen LogP contribution < -0.4 is 14.8 Å². The highest BCUT2D eigenvalue weighted by atomic mass is 127. The van der Waals surface area contributed by atoms with Gasteiger partial charge in [0.2, 0.25) is 0 Å². The lowest BCUT2D eigenvalue weighted by Gasteiger charge is -2.12. The molecule has 0 bridgehead atoms. The van der Waals surface area contributed by atoms with Crippen molar-refractivity contribution in [1.82, 2.24) is 0 Å². The summed E-state index contributed by atoms with van der Waals surface area (Å²) in [6.07, 6.45) is 1.43. The molecule has 0 aromatic heterocycles. The number of hydrogen-bond donors (Lipinski definition) is 1. The van der Waals surface area contributed by atoms with Gasteiger partial charge in [-0.25, -0.2) is 4.79 Å². The van der Waals surface area contributed by atoms with Gasteiger partial charge in [-0.05, 0) is 98.7 Å². The fourth-order valence-electron chi connectivity index (χ4n) is 2.69. The summed E-state index contributed by atoms with van der Waals surface area (Å²) in [5.41, 5.74) is 1.40. The number of benzene rings is 3. The van der Waals surface area contributed by atoms with Crippen LogP contribution in [-0.2, 0) is 4.79 Å². The van der Waals surface area contributed by atoms with Gasteiger partial charge in [-0.3, -0.25) is 4.79 Å². The molecule has 0 heterocycles. The van der Waals surface area contributed by atoms with Gasteiger partial charge >= 0.3 is 5.97 Å². The van der Waals surface area contributed by atoms with E-state index in [2.05, 4.69) is 43.8 Å². The van der Waals surface area contributed by atoms with Crippen LogP contribution in [0.15, 0.2) is 76.8 Å². The summed E-state index contributed by atoms with van der Waals surface area (Å²) in [7, 11) is 1.43. The second kappa shape index (κ2) is 10.9. The number of amides is 1. The second-order valence-corrected chi connectivity index (χ2v) is 8.52. The maximum absolute atomic E-state index is 12.5. The first-order valence-corrected chi connectivity index (χ1v) is 11.1. The number of nitriles is 1. The number of nitrogens with one attached hydrogen (secondary N) is 1. The van der Waals surface area contributed by atoms with E-state index in [1.807, 2.05) is 18.2 Å². The molecule has 32 heavy (non-hydrogen) atoms. The number of carbonyl (C=O) groups is 2. The highest BCUT2D eigenvalue weighted by Crippen LogP contribution is 2.37. The fourth-order valence-corrected chi connectivity index (χ4v) is 3.60. The molecule has 6 nitrogen and oxygen atoms in total. The number of ether oxygens (including phenoxy) is 2. The third kappa shape index (κ3) is 5.96. The Hall–Kier alpha value is -3.16. The van der Waals surface area contributed by atoms with Crippen LogP contribution in [0.1, 0.15) is 15.9 Å². The highest BCUT2D eigenvalue weighted by molar-refractivity contribution is 14.1. The Bertz CT molecular complexity index is 1220. The summed E-state index contributed by atoms with van der Waals surface area (Å²) in [5, 5.41) is 12.2. The number of esters is 1. The lowest BCUT2D eigenvalue weighted by Crippen LogP contribution is -2.13. The number of carbonyl (C=O) groups excluding carboxylic acids is 2. The number of halogens is 2. The molecule has 0 saturated heterocycles. The molecule has 3 aromatic rings. The van der Waals surface area contributed by atoms with Crippen molar-refractivity contribution in [3.05, 3.63) is 91.5 Å². The maximum atomic E-state index is 12.5. The molecule has 1 N–H and O–H groups in total. The van der Waals surface area contributed by atoms with E-state index in [1.54, 1.807) is 54.6 Å². The average molecular weight is 603 g/mol. The maximum Gasteiger partial charge on any atom is 0.343 e. The predicted molar refractivity (Wildman–Crippen MR) is 133 cm³/mol. The first kappa shape index (κ1) is 23.5. The number of rotatable bonds is 6. The van der Waals surface area contributed by atoms with Crippen molar-refractivity contribution in [2.75, 3.05) is 12.4 Å². The van der Waals surface area contributed by atoms with E-state index >= 15 is 0 Å². The molecule has 8 heteroatoms. The number of methoxy groups -OCH3 is 1. The summed E-state index contributed by atoms with van der Waals surface area (Å²) in [5.74, 6) is -0.614. The second-order valence-electron chi connectivity index (χ2n) is 6.42. The molecule has 0 aliphatic carbocycles. The average Bonchev–Trinajstić information content (AvgIpc) is 2.80. The molecule has 3 aromatic carbocycles. The van der Waals surface area contributed by atoms with Gasteiger partial charge in [-0.15, -0.1) is 0 Å². The molecular weight excluding hydrogens is 587 g/mol. The van der Waals surface area contributed by atoms with Crippen molar-refractivity contribution >= 4 is 62.2 Å². The van der Waals surface area contributed by atoms with Crippen molar-refractivity contribution in [2.24, 2.45) is 0 Å². The molecule has 0 spiro atoms. The third-order valence-electron chi connectivity index (χ3n) is 4.23. The van der Waals surface area contributed by atoms with Gasteiger partial charge in [0.25, 0.3) is 5.91 Å². The molecule has 3 rings (SSSR count). The van der Waals surface area contributed by atoms with Crippen molar-refractivity contribution in [3.63, 3.8) is 0 Å². The van der Waals surface area contributed by atoms with Gasteiger partial charge in [-0.1, -0.05) is 18.2 Å². The Morgan fingerprint density at radius 1 is 1.09 bits per heavy atom. The highest BCUT2D eigenvalue weighted by Gasteiger charge is 2.17. The van der Waals surface area contributed by atoms with Gasteiger partial charge < -0.3 is 14.8 Å². The Balaban J connectivity index is 1.85. The Labute approximate surface area is 207 Å². The van der Waals surface area contributed by atoms with E-state index < -0.39 is 11.9 Å². The minimum atomic E-state index is -0.539. The summed E-state index contributed by atoms with van der Waals surface area (Å²) in [4.78, 5) is 24.9. The first-order chi connectivity index (χ1) is 15.4. The Kier molecular flexibility index (Phi) is 8.03. The monoisotopic (exact) mass is 602 g/mol. The quantitative estimate of drug-likeness (QED) is 0.126. The molecule has 0 unspecified atom stereocenters. The molecule has 0 aliphatic heterocycles. The van der Waals surface area contributed by atoms with Gasteiger partial charge in [-0.2, -0.15) is 5.26 Å². The van der Waals surface area contributed by atoms with Crippen LogP contribution in [0.5, 0.6) is 11.5 Å². The SMILES string of the molecule is COc1cc(/C=C(\C#N)C(=O)Nc2ccc(I)cc2)cc(Br)c1OC(=O)c1ccccc1. The fraction of sp³-hybridized carbons (Fsp3) is 0.0417. The standard InChI is InChI=1S/C24H16BrIN2O4/c1-31-21-13-15(11-17(14-27)23(29)28-19-9-7-18(26)8-10-19)12-20(25)22(21)32-24(30)16-5-3-2-4-6-16/h2-13H,1H3,(H,28,29)/b17-11+. The zero-order valence-electron chi connectivity index (χ0n) is 16.8. The Morgan fingerprint density at radius 3 is 2.41 bits per heavy atom. The van der Waals surface area contributed by atoms with Crippen LogP contribution in [0.2, 0.25) is 0 Å². The number of hydrogen-bond acceptors (Lipinski definition) is 5. The molecule has 0 radical (unpaired) electrons. The molecule has 160 valence electrons. The number of nitrogens with zero attached hydrogens (tertiary/aromatic N) is 1. The van der Waals surface area contributed by atoms with Crippen LogP contribution in [0.4, 0.5) is 5.69 Å². The zero-order chi connectivity index (χ0) is 23.1. The third-order valence-corrected chi connectivity index (χ3v) is 5.54. The molecule has 0 atom stereocenters.